The first-order chi connectivity index (χ1) is 18.7. The predicted molar refractivity (Wildman–Crippen MR) is 152 cm³/mol. The highest BCUT2D eigenvalue weighted by atomic mass is 35.5. The summed E-state index contributed by atoms with van der Waals surface area (Å²) < 4.78 is 5.46. The Hall–Kier alpha value is -3.33. The molecule has 2 aliphatic rings. The van der Waals surface area contributed by atoms with E-state index in [0.29, 0.717) is 58.6 Å². The van der Waals surface area contributed by atoms with Crippen LogP contribution < -0.4 is 5.32 Å². The first kappa shape index (κ1) is 28.7. The third-order valence-corrected chi connectivity index (χ3v) is 7.35. The van der Waals surface area contributed by atoms with Crippen molar-refractivity contribution in [3.63, 3.8) is 0 Å². The zero-order valence-corrected chi connectivity index (χ0v) is 23.5. The normalized spacial score (nSPS) is 20.1. The van der Waals surface area contributed by atoms with Crippen LogP contribution >= 0.6 is 23.2 Å². The molecule has 0 saturated carbocycles. The van der Waals surface area contributed by atoms with Crippen LogP contribution in [0.2, 0.25) is 10.0 Å². The number of nitrogens with one attached hydrogen (secondary N) is 1. The van der Waals surface area contributed by atoms with Crippen molar-refractivity contribution in [2.75, 3.05) is 39.3 Å². The van der Waals surface area contributed by atoms with Crippen LogP contribution in [0.25, 0.3) is 0 Å². The Morgan fingerprint density at radius 2 is 1.87 bits per heavy atom. The number of nitrogens with zero attached hydrogens (tertiary/aromatic N) is 3. The average Bonchev–Trinajstić information content (AvgIpc) is 2.90. The molecule has 0 radical (unpaired) electrons. The van der Waals surface area contributed by atoms with E-state index in [9.17, 15) is 14.4 Å². The summed E-state index contributed by atoms with van der Waals surface area (Å²) in [5.74, 6) is -0.562. The van der Waals surface area contributed by atoms with Crippen LogP contribution in [0.5, 0.6) is 0 Å². The molecule has 206 valence electrons. The Morgan fingerprint density at radius 1 is 1.13 bits per heavy atom. The van der Waals surface area contributed by atoms with Crippen LogP contribution in [0.3, 0.4) is 0 Å². The third-order valence-electron chi connectivity index (χ3n) is 6.86. The fraction of sp³-hybridized carbons (Fsp3) is 0.345. The van der Waals surface area contributed by atoms with Gasteiger partial charge in [0.05, 0.1) is 18.2 Å². The van der Waals surface area contributed by atoms with E-state index in [1.165, 1.54) is 4.90 Å². The Labute approximate surface area is 238 Å². The monoisotopic (exact) mass is 570 g/mol. The zero-order valence-electron chi connectivity index (χ0n) is 22.0. The summed E-state index contributed by atoms with van der Waals surface area (Å²) in [6.45, 7) is 9.88. The number of carbonyl (C=O) groups is 3. The maximum atomic E-state index is 13.4. The van der Waals surface area contributed by atoms with E-state index in [4.69, 9.17) is 27.9 Å². The molecule has 3 amide bonds. The van der Waals surface area contributed by atoms with Gasteiger partial charge in [-0.15, -0.1) is 6.58 Å². The number of hydrogen-bond donors (Lipinski definition) is 1. The fourth-order valence-electron chi connectivity index (χ4n) is 5.03. The molecule has 1 fully saturated rings. The molecule has 0 aromatic heterocycles. The minimum absolute atomic E-state index is 0.0587. The van der Waals surface area contributed by atoms with Gasteiger partial charge in [-0.05, 0) is 55.8 Å². The Morgan fingerprint density at radius 3 is 2.51 bits per heavy atom. The van der Waals surface area contributed by atoms with Gasteiger partial charge >= 0.3 is 12.0 Å². The Bertz CT molecular complexity index is 1280. The van der Waals surface area contributed by atoms with Crippen LogP contribution in [-0.2, 0) is 9.53 Å². The molecule has 2 atom stereocenters. The summed E-state index contributed by atoms with van der Waals surface area (Å²) in [5.41, 5.74) is 2.17. The minimum Gasteiger partial charge on any atom is -0.463 e. The summed E-state index contributed by atoms with van der Waals surface area (Å²) >= 11 is 12.2. The highest BCUT2D eigenvalue weighted by Gasteiger charge is 2.39. The molecule has 1 saturated heterocycles. The second-order valence-corrected chi connectivity index (χ2v) is 10.4. The number of halogens is 2. The van der Waals surface area contributed by atoms with E-state index in [0.717, 1.165) is 0 Å². The summed E-state index contributed by atoms with van der Waals surface area (Å²) in [4.78, 5) is 45.3. The van der Waals surface area contributed by atoms with Gasteiger partial charge in [-0.25, -0.2) is 9.59 Å². The van der Waals surface area contributed by atoms with Gasteiger partial charge in [0.2, 0.25) is 0 Å². The average molecular weight is 572 g/mol. The highest BCUT2D eigenvalue weighted by Crippen LogP contribution is 2.33. The van der Waals surface area contributed by atoms with Gasteiger partial charge in [0.1, 0.15) is 0 Å². The van der Waals surface area contributed by atoms with E-state index in [2.05, 4.69) is 16.8 Å². The molecule has 0 spiro atoms. The van der Waals surface area contributed by atoms with Gasteiger partial charge in [-0.1, -0.05) is 41.4 Å². The first-order valence-corrected chi connectivity index (χ1v) is 13.6. The zero-order chi connectivity index (χ0) is 28.1. The minimum atomic E-state index is -0.725. The molecule has 39 heavy (non-hydrogen) atoms. The van der Waals surface area contributed by atoms with Gasteiger partial charge in [0.25, 0.3) is 5.91 Å². The van der Waals surface area contributed by atoms with E-state index in [1.54, 1.807) is 55.5 Å². The molecule has 2 aromatic carbocycles. The van der Waals surface area contributed by atoms with Crippen LogP contribution in [0.1, 0.15) is 35.8 Å². The van der Waals surface area contributed by atoms with Crippen molar-refractivity contribution in [2.45, 2.75) is 25.9 Å². The smallest absolute Gasteiger partial charge is 0.338 e. The molecular formula is C29H32Cl2N4O4. The van der Waals surface area contributed by atoms with Gasteiger partial charge in [0, 0.05) is 60.1 Å². The molecule has 1 N–H and O–H groups in total. The van der Waals surface area contributed by atoms with Crippen LogP contribution in [0, 0.1) is 0 Å². The molecule has 0 aliphatic carbocycles. The number of hydrogen-bond acceptors (Lipinski definition) is 5. The van der Waals surface area contributed by atoms with E-state index < -0.39 is 12.0 Å². The molecule has 0 bridgehead atoms. The van der Waals surface area contributed by atoms with Gasteiger partial charge in [-0.2, -0.15) is 0 Å². The summed E-state index contributed by atoms with van der Waals surface area (Å²) in [6, 6.07) is 12.8. The number of amides is 3. The second-order valence-electron chi connectivity index (χ2n) is 9.51. The molecule has 2 unspecified atom stereocenters. The largest absolute Gasteiger partial charge is 0.463 e. The van der Waals surface area contributed by atoms with Gasteiger partial charge in [0.15, 0.2) is 0 Å². The first-order valence-electron chi connectivity index (χ1n) is 12.9. The van der Waals surface area contributed by atoms with Gasteiger partial charge in [-0.3, -0.25) is 14.6 Å². The Balaban J connectivity index is 1.65. The molecule has 2 aromatic rings. The van der Waals surface area contributed by atoms with Crippen molar-refractivity contribution in [2.24, 2.45) is 0 Å². The number of urea groups is 1. The number of rotatable bonds is 8. The van der Waals surface area contributed by atoms with E-state index in [-0.39, 0.29) is 31.1 Å². The topological polar surface area (TPSA) is 82.2 Å². The Kier molecular flexibility index (Phi) is 9.32. The lowest BCUT2D eigenvalue weighted by Gasteiger charge is -2.43. The van der Waals surface area contributed by atoms with Crippen molar-refractivity contribution < 1.29 is 19.1 Å². The number of ether oxygens (including phenoxy) is 1. The lowest BCUT2D eigenvalue weighted by atomic mass is 9.94. The standard InChI is InChI=1S/C29H32Cl2N4O4/c1-4-13-35-24(18-33-14-15-34(19(3)17-33)27(36)20-9-11-22(30)12-10-20)25(28(37)39-5-2)26(32-29(35)38)21-7-6-8-23(31)16-21/h4,6-12,16,19,26H,1,5,13-15,17-18H2,2-3H3,(H,32,38). The maximum absolute atomic E-state index is 13.4. The van der Waals surface area contributed by atoms with Crippen molar-refractivity contribution in [3.8, 4) is 0 Å². The van der Waals surface area contributed by atoms with E-state index in [1.807, 2.05) is 17.9 Å². The second kappa shape index (κ2) is 12.7. The molecule has 8 nitrogen and oxygen atoms in total. The van der Waals surface area contributed by atoms with Crippen LogP contribution in [0.4, 0.5) is 4.79 Å². The summed E-state index contributed by atoms with van der Waals surface area (Å²) in [5, 5.41) is 4.02. The number of carbonyl (C=O) groups excluding carboxylic acids is 3. The summed E-state index contributed by atoms with van der Waals surface area (Å²) in [7, 11) is 0. The molecular weight excluding hydrogens is 539 g/mol. The van der Waals surface area contributed by atoms with Crippen molar-refractivity contribution in [1.82, 2.24) is 20.0 Å². The number of piperazine rings is 1. The lowest BCUT2D eigenvalue weighted by Crippen LogP contribution is -2.56. The maximum Gasteiger partial charge on any atom is 0.338 e. The van der Waals surface area contributed by atoms with Crippen molar-refractivity contribution in [1.29, 1.82) is 0 Å². The summed E-state index contributed by atoms with van der Waals surface area (Å²) in [6.07, 6.45) is 1.62. The molecule has 2 heterocycles. The number of esters is 1. The third kappa shape index (κ3) is 6.46. The molecule has 10 heteroatoms. The predicted octanol–water partition coefficient (Wildman–Crippen LogP) is 4.91. The van der Waals surface area contributed by atoms with Crippen molar-refractivity contribution in [3.05, 3.63) is 93.6 Å². The van der Waals surface area contributed by atoms with Crippen LogP contribution in [-0.4, -0.2) is 78.0 Å². The molecule has 2 aliphatic heterocycles. The fourth-order valence-corrected chi connectivity index (χ4v) is 5.35. The SMILES string of the molecule is C=CCN1C(=O)NC(c2cccc(Cl)c2)C(C(=O)OCC)=C1CN1CCN(C(=O)c2ccc(Cl)cc2)C(C)C1. The van der Waals surface area contributed by atoms with Gasteiger partial charge < -0.3 is 15.0 Å². The molecule has 4 rings (SSSR count). The highest BCUT2D eigenvalue weighted by molar-refractivity contribution is 6.31. The van der Waals surface area contributed by atoms with E-state index >= 15 is 0 Å². The van der Waals surface area contributed by atoms with Crippen molar-refractivity contribution >= 4 is 41.1 Å². The van der Waals surface area contributed by atoms with Crippen LogP contribution in [0.15, 0.2) is 72.5 Å². The number of benzene rings is 2. The quantitative estimate of drug-likeness (QED) is 0.360. The lowest BCUT2D eigenvalue weighted by molar-refractivity contribution is -0.139.